The molecule has 1 aliphatic heterocycles. The number of amides is 1. The minimum absolute atomic E-state index is 0.0216. The summed E-state index contributed by atoms with van der Waals surface area (Å²) in [6.07, 6.45) is 4.38. The van der Waals surface area contributed by atoms with Crippen LogP contribution < -0.4 is 5.32 Å². The molecule has 5 heteroatoms. The number of carboxylic acids is 1. The fourth-order valence-corrected chi connectivity index (χ4v) is 2.28. The maximum Gasteiger partial charge on any atom is 0.328 e. The number of carbonyl (C=O) groups is 2. The van der Waals surface area contributed by atoms with E-state index in [1.165, 1.54) is 6.08 Å². The van der Waals surface area contributed by atoms with E-state index in [2.05, 4.69) is 5.32 Å². The second-order valence-electron chi connectivity index (χ2n) is 5.15. The van der Waals surface area contributed by atoms with E-state index in [4.69, 9.17) is 9.84 Å². The monoisotopic (exact) mass is 289 g/mol. The molecule has 1 aromatic carbocycles. The largest absolute Gasteiger partial charge is 0.478 e. The van der Waals surface area contributed by atoms with Crippen LogP contribution in [-0.2, 0) is 14.3 Å². The number of anilines is 1. The van der Waals surface area contributed by atoms with Crippen LogP contribution >= 0.6 is 0 Å². The molecular formula is C16H19NO4. The maximum absolute atomic E-state index is 12.1. The lowest BCUT2D eigenvalue weighted by atomic mass is 10.0. The van der Waals surface area contributed by atoms with Crippen molar-refractivity contribution < 1.29 is 19.4 Å². The smallest absolute Gasteiger partial charge is 0.328 e. The first-order valence-electron chi connectivity index (χ1n) is 6.96. The second kappa shape index (κ2) is 7.04. The average molecular weight is 289 g/mol. The number of hydrogen-bond donors (Lipinski definition) is 2. The quantitative estimate of drug-likeness (QED) is 0.835. The standard InChI is InChI=1S/C16H19NO4/c1-11-9-12(5-7-15(18)19)4-6-14(11)17-16(20)13-3-2-8-21-10-13/h4-7,9,13H,2-3,8,10H2,1H3,(H,17,20)(H,18,19). The van der Waals surface area contributed by atoms with Gasteiger partial charge >= 0.3 is 5.97 Å². The number of nitrogens with one attached hydrogen (secondary N) is 1. The summed E-state index contributed by atoms with van der Waals surface area (Å²) in [6.45, 7) is 3.09. The molecule has 0 aromatic heterocycles. The van der Waals surface area contributed by atoms with Crippen LogP contribution in [0.4, 0.5) is 5.69 Å². The molecule has 0 saturated carbocycles. The van der Waals surface area contributed by atoms with Crippen LogP contribution in [0.2, 0.25) is 0 Å². The third-order valence-corrected chi connectivity index (χ3v) is 3.46. The molecule has 1 unspecified atom stereocenters. The maximum atomic E-state index is 12.1. The number of aliphatic carboxylic acids is 1. The lowest BCUT2D eigenvalue weighted by Gasteiger charge is -2.21. The zero-order valence-electron chi connectivity index (χ0n) is 12.0. The first kappa shape index (κ1) is 15.3. The minimum atomic E-state index is -0.984. The lowest BCUT2D eigenvalue weighted by molar-refractivity contribution is -0.131. The summed E-state index contributed by atoms with van der Waals surface area (Å²) in [7, 11) is 0. The highest BCUT2D eigenvalue weighted by Crippen LogP contribution is 2.20. The Balaban J connectivity index is 2.03. The number of carboxylic acid groups (broad SMARTS) is 1. The number of benzene rings is 1. The van der Waals surface area contributed by atoms with Gasteiger partial charge in [0.15, 0.2) is 0 Å². The molecule has 0 bridgehead atoms. The van der Waals surface area contributed by atoms with Gasteiger partial charge in [-0.2, -0.15) is 0 Å². The summed E-state index contributed by atoms with van der Waals surface area (Å²) >= 11 is 0. The Morgan fingerprint density at radius 2 is 2.24 bits per heavy atom. The van der Waals surface area contributed by atoms with Crippen LogP contribution in [-0.4, -0.2) is 30.2 Å². The SMILES string of the molecule is Cc1cc(C=CC(=O)O)ccc1NC(=O)C1CCCOC1. The highest BCUT2D eigenvalue weighted by atomic mass is 16.5. The van der Waals surface area contributed by atoms with Crippen molar-refractivity contribution in [3.63, 3.8) is 0 Å². The zero-order chi connectivity index (χ0) is 15.2. The van der Waals surface area contributed by atoms with Crippen molar-refractivity contribution in [3.8, 4) is 0 Å². The first-order chi connectivity index (χ1) is 10.1. The molecule has 1 atom stereocenters. The van der Waals surface area contributed by atoms with E-state index in [-0.39, 0.29) is 11.8 Å². The van der Waals surface area contributed by atoms with E-state index in [9.17, 15) is 9.59 Å². The van der Waals surface area contributed by atoms with Crippen LogP contribution in [0.3, 0.4) is 0 Å². The van der Waals surface area contributed by atoms with Gasteiger partial charge in [-0.1, -0.05) is 6.07 Å². The van der Waals surface area contributed by atoms with Crippen molar-refractivity contribution in [2.24, 2.45) is 5.92 Å². The van der Waals surface area contributed by atoms with Crippen molar-refractivity contribution >= 4 is 23.6 Å². The Hall–Kier alpha value is -2.14. The molecule has 1 aromatic rings. The molecule has 112 valence electrons. The number of rotatable bonds is 4. The Labute approximate surface area is 123 Å². The third-order valence-electron chi connectivity index (χ3n) is 3.46. The van der Waals surface area contributed by atoms with Gasteiger partial charge in [0, 0.05) is 18.4 Å². The van der Waals surface area contributed by atoms with E-state index in [1.54, 1.807) is 12.1 Å². The molecule has 1 aliphatic rings. The summed E-state index contributed by atoms with van der Waals surface area (Å²) in [4.78, 5) is 22.6. The molecule has 1 amide bonds. The van der Waals surface area contributed by atoms with E-state index in [1.807, 2.05) is 13.0 Å². The van der Waals surface area contributed by atoms with Crippen LogP contribution in [0.5, 0.6) is 0 Å². The Morgan fingerprint density at radius 3 is 2.86 bits per heavy atom. The van der Waals surface area contributed by atoms with Gasteiger partial charge in [0.1, 0.15) is 0 Å². The molecule has 1 fully saturated rings. The molecule has 2 rings (SSSR count). The van der Waals surface area contributed by atoms with Crippen molar-refractivity contribution in [1.29, 1.82) is 0 Å². The highest BCUT2D eigenvalue weighted by Gasteiger charge is 2.22. The van der Waals surface area contributed by atoms with Gasteiger partial charge in [-0.05, 0) is 49.1 Å². The van der Waals surface area contributed by atoms with Gasteiger partial charge in [0.05, 0.1) is 12.5 Å². The van der Waals surface area contributed by atoms with Crippen LogP contribution in [0.15, 0.2) is 24.3 Å². The third kappa shape index (κ3) is 4.43. The molecule has 1 heterocycles. The molecule has 5 nitrogen and oxygen atoms in total. The number of hydrogen-bond acceptors (Lipinski definition) is 3. The second-order valence-corrected chi connectivity index (χ2v) is 5.15. The zero-order valence-corrected chi connectivity index (χ0v) is 12.0. The molecule has 0 spiro atoms. The van der Waals surface area contributed by atoms with Crippen molar-refractivity contribution in [2.75, 3.05) is 18.5 Å². The molecule has 0 aliphatic carbocycles. The van der Waals surface area contributed by atoms with E-state index in [0.717, 1.165) is 42.3 Å². The van der Waals surface area contributed by atoms with Gasteiger partial charge in [-0.3, -0.25) is 4.79 Å². The Kier molecular flexibility index (Phi) is 5.11. The predicted molar refractivity (Wildman–Crippen MR) is 80.0 cm³/mol. The van der Waals surface area contributed by atoms with Gasteiger partial charge in [0.2, 0.25) is 5.91 Å². The summed E-state index contributed by atoms with van der Waals surface area (Å²) in [5.74, 6) is -1.10. The van der Waals surface area contributed by atoms with Crippen molar-refractivity contribution in [2.45, 2.75) is 19.8 Å². The lowest BCUT2D eigenvalue weighted by Crippen LogP contribution is -2.30. The molecule has 1 saturated heterocycles. The van der Waals surface area contributed by atoms with Crippen LogP contribution in [0.1, 0.15) is 24.0 Å². The van der Waals surface area contributed by atoms with Crippen molar-refractivity contribution in [3.05, 3.63) is 35.4 Å². The predicted octanol–water partition coefficient (Wildman–Crippen LogP) is 2.46. The Bertz CT molecular complexity index is 559. The van der Waals surface area contributed by atoms with E-state index >= 15 is 0 Å². The van der Waals surface area contributed by atoms with Crippen molar-refractivity contribution in [1.82, 2.24) is 0 Å². The van der Waals surface area contributed by atoms with Crippen LogP contribution in [0.25, 0.3) is 6.08 Å². The van der Waals surface area contributed by atoms with Gasteiger partial charge in [-0.15, -0.1) is 0 Å². The fourth-order valence-electron chi connectivity index (χ4n) is 2.28. The van der Waals surface area contributed by atoms with E-state index in [0.29, 0.717) is 6.61 Å². The van der Waals surface area contributed by atoms with E-state index < -0.39 is 5.97 Å². The minimum Gasteiger partial charge on any atom is -0.478 e. The molecular weight excluding hydrogens is 270 g/mol. The Morgan fingerprint density at radius 1 is 1.43 bits per heavy atom. The van der Waals surface area contributed by atoms with Gasteiger partial charge in [0.25, 0.3) is 0 Å². The summed E-state index contributed by atoms with van der Waals surface area (Å²) < 4.78 is 5.32. The molecule has 0 radical (unpaired) electrons. The normalized spacial score (nSPS) is 18.6. The summed E-state index contributed by atoms with van der Waals surface area (Å²) in [5, 5.41) is 11.5. The van der Waals surface area contributed by atoms with Gasteiger partial charge in [-0.25, -0.2) is 4.79 Å². The van der Waals surface area contributed by atoms with Crippen LogP contribution in [0, 0.1) is 12.8 Å². The molecule has 2 N–H and O–H groups in total. The molecule has 21 heavy (non-hydrogen) atoms. The average Bonchev–Trinajstić information content (AvgIpc) is 2.48. The summed E-state index contributed by atoms with van der Waals surface area (Å²) in [5.41, 5.74) is 2.43. The highest BCUT2D eigenvalue weighted by molar-refractivity contribution is 5.93. The topological polar surface area (TPSA) is 75.6 Å². The number of carbonyl (C=O) groups excluding carboxylic acids is 1. The first-order valence-corrected chi connectivity index (χ1v) is 6.96. The summed E-state index contributed by atoms with van der Waals surface area (Å²) in [6, 6.07) is 5.41. The number of ether oxygens (including phenoxy) is 1. The fraction of sp³-hybridized carbons (Fsp3) is 0.375. The van der Waals surface area contributed by atoms with Gasteiger partial charge < -0.3 is 15.2 Å². The number of aryl methyl sites for hydroxylation is 1.